The van der Waals surface area contributed by atoms with E-state index in [1.807, 2.05) is 34.7 Å². The molecule has 3 atom stereocenters. The van der Waals surface area contributed by atoms with E-state index in [-0.39, 0.29) is 18.6 Å². The summed E-state index contributed by atoms with van der Waals surface area (Å²) in [5, 5.41) is 0.752. The van der Waals surface area contributed by atoms with E-state index in [4.69, 9.17) is 15.2 Å². The normalized spacial score (nSPS) is 22.4. The summed E-state index contributed by atoms with van der Waals surface area (Å²) in [5.74, 6) is 9.74. The summed E-state index contributed by atoms with van der Waals surface area (Å²) >= 11 is 0. The van der Waals surface area contributed by atoms with Crippen LogP contribution in [0.15, 0.2) is 37.2 Å². The number of anilines is 1. The minimum atomic E-state index is -0.00548. The van der Waals surface area contributed by atoms with Crippen LogP contribution in [0.4, 0.5) is 5.82 Å². The number of aryl methyl sites for hydroxylation is 1. The Morgan fingerprint density at radius 2 is 2.09 bits per heavy atom. The van der Waals surface area contributed by atoms with Gasteiger partial charge in [0.25, 0.3) is 0 Å². The molecule has 1 aromatic carbocycles. The molecule has 2 aliphatic heterocycles. The fourth-order valence-corrected chi connectivity index (χ4v) is 5.01. The second kappa shape index (κ2) is 6.76. The number of amides is 1. The highest BCUT2D eigenvalue weighted by molar-refractivity contribution is 6.05. The van der Waals surface area contributed by atoms with Crippen molar-refractivity contribution < 1.29 is 14.3 Å². The minimum absolute atomic E-state index is 0.00548. The zero-order valence-electron chi connectivity index (χ0n) is 17.5. The van der Waals surface area contributed by atoms with Crippen LogP contribution in [0.3, 0.4) is 0 Å². The monoisotopic (exact) mass is 427 g/mol. The second-order valence-corrected chi connectivity index (χ2v) is 8.35. The van der Waals surface area contributed by atoms with Crippen molar-refractivity contribution in [3.63, 3.8) is 0 Å². The fraction of sp³-hybridized carbons (Fsp3) is 0.292. The number of nitrogens with zero attached hydrogens (tertiary/aromatic N) is 4. The summed E-state index contributed by atoms with van der Waals surface area (Å²) in [6.07, 6.45) is 2.84. The number of aromatic nitrogens is 3. The summed E-state index contributed by atoms with van der Waals surface area (Å²) in [5.41, 5.74) is 9.52. The topological polar surface area (TPSA) is 95.5 Å². The molecule has 1 saturated heterocycles. The lowest BCUT2D eigenvalue weighted by Crippen LogP contribution is -2.29. The Balaban J connectivity index is 1.44. The maximum Gasteiger partial charge on any atom is 0.245 e. The summed E-state index contributed by atoms with van der Waals surface area (Å²) in [6, 6.07) is 5.78. The first-order valence-electron chi connectivity index (χ1n) is 10.5. The zero-order valence-corrected chi connectivity index (χ0v) is 17.5. The van der Waals surface area contributed by atoms with E-state index in [0.717, 1.165) is 35.3 Å². The summed E-state index contributed by atoms with van der Waals surface area (Å²) in [7, 11) is 1.93. The molecule has 8 heteroatoms. The van der Waals surface area contributed by atoms with Crippen molar-refractivity contribution in [3.8, 4) is 34.5 Å². The summed E-state index contributed by atoms with van der Waals surface area (Å²) in [4.78, 5) is 22.4. The predicted octanol–water partition coefficient (Wildman–Crippen LogP) is 2.19. The molecule has 8 nitrogen and oxygen atoms in total. The summed E-state index contributed by atoms with van der Waals surface area (Å²) in [6.45, 7) is 5.24. The number of nitrogens with two attached hydrogens (primary N) is 1. The molecule has 1 saturated carbocycles. The van der Waals surface area contributed by atoms with Crippen LogP contribution in [0, 0.1) is 29.6 Å². The van der Waals surface area contributed by atoms with Crippen molar-refractivity contribution in [2.75, 3.05) is 25.6 Å². The molecule has 1 unspecified atom stereocenters. The molecule has 32 heavy (non-hydrogen) atoms. The van der Waals surface area contributed by atoms with Crippen LogP contribution in [0.1, 0.15) is 5.69 Å². The van der Waals surface area contributed by atoms with Crippen molar-refractivity contribution in [1.29, 1.82) is 0 Å². The van der Waals surface area contributed by atoms with E-state index in [2.05, 4.69) is 28.4 Å². The number of carbonyl (C=O) groups excluding carboxylic acids is 1. The average Bonchev–Trinajstić information content (AvgIpc) is 3.21. The lowest BCUT2D eigenvalue weighted by Gasteiger charge is -2.16. The van der Waals surface area contributed by atoms with Crippen LogP contribution in [0.25, 0.3) is 22.2 Å². The highest BCUT2D eigenvalue weighted by Gasteiger charge is 2.55. The fourth-order valence-electron chi connectivity index (χ4n) is 5.01. The Bertz CT molecular complexity index is 1350. The van der Waals surface area contributed by atoms with E-state index in [1.165, 1.54) is 12.4 Å². The van der Waals surface area contributed by atoms with Crippen LogP contribution < -0.4 is 15.2 Å². The number of piperidine rings is 1. The molecule has 2 fully saturated rings. The minimum Gasteiger partial charge on any atom is -0.454 e. The van der Waals surface area contributed by atoms with Gasteiger partial charge in [-0.05, 0) is 29.9 Å². The Morgan fingerprint density at radius 3 is 2.88 bits per heavy atom. The molecule has 2 N–H and O–H groups in total. The van der Waals surface area contributed by atoms with Gasteiger partial charge in [-0.1, -0.05) is 24.6 Å². The Kier molecular flexibility index (Phi) is 3.96. The van der Waals surface area contributed by atoms with Crippen molar-refractivity contribution in [2.45, 2.75) is 0 Å². The van der Waals surface area contributed by atoms with Gasteiger partial charge in [-0.25, -0.2) is 9.97 Å². The van der Waals surface area contributed by atoms with Crippen molar-refractivity contribution in [2.24, 2.45) is 24.8 Å². The molecule has 3 aliphatic rings. The van der Waals surface area contributed by atoms with Gasteiger partial charge in [0.15, 0.2) is 11.5 Å². The molecule has 1 amide bonds. The van der Waals surface area contributed by atoms with Crippen molar-refractivity contribution in [1.82, 2.24) is 19.4 Å². The van der Waals surface area contributed by atoms with Gasteiger partial charge >= 0.3 is 0 Å². The average molecular weight is 427 g/mol. The molecule has 1 aliphatic carbocycles. The van der Waals surface area contributed by atoms with E-state index < -0.39 is 0 Å². The molecule has 6 rings (SSSR count). The number of carbonyl (C=O) groups is 1. The SMILES string of the molecule is C=CC(=O)N1C[C@@H]2C(C#Cc3c(-c4cccc5c4OCO5)c4c(N)ncnc4n3C)[C@@H]2C1. The second-order valence-electron chi connectivity index (χ2n) is 8.35. The van der Waals surface area contributed by atoms with Gasteiger partial charge in [-0.15, -0.1) is 0 Å². The lowest BCUT2D eigenvalue weighted by molar-refractivity contribution is -0.125. The first kappa shape index (κ1) is 18.8. The van der Waals surface area contributed by atoms with Gasteiger partial charge in [0, 0.05) is 37.2 Å². The van der Waals surface area contributed by atoms with Gasteiger partial charge in [-0.2, -0.15) is 0 Å². The van der Waals surface area contributed by atoms with Gasteiger partial charge in [0.2, 0.25) is 12.7 Å². The number of fused-ring (bicyclic) bond motifs is 3. The smallest absolute Gasteiger partial charge is 0.245 e. The van der Waals surface area contributed by atoms with Crippen LogP contribution >= 0.6 is 0 Å². The lowest BCUT2D eigenvalue weighted by atomic mass is 10.0. The zero-order chi connectivity index (χ0) is 22.0. The number of para-hydroxylation sites is 1. The van der Waals surface area contributed by atoms with Crippen LogP contribution in [-0.4, -0.2) is 45.2 Å². The third-order valence-electron chi connectivity index (χ3n) is 6.70. The van der Waals surface area contributed by atoms with Crippen LogP contribution in [0.5, 0.6) is 11.5 Å². The number of hydrogen-bond acceptors (Lipinski definition) is 6. The molecule has 0 bridgehead atoms. The molecular formula is C24H21N5O3. The van der Waals surface area contributed by atoms with Gasteiger partial charge < -0.3 is 24.7 Å². The highest BCUT2D eigenvalue weighted by atomic mass is 16.7. The number of nitrogen functional groups attached to an aromatic ring is 1. The van der Waals surface area contributed by atoms with Gasteiger partial charge in [-0.3, -0.25) is 4.79 Å². The molecule has 2 aromatic heterocycles. The Labute approximate surface area is 184 Å². The van der Waals surface area contributed by atoms with Crippen LogP contribution in [0.2, 0.25) is 0 Å². The molecule has 0 radical (unpaired) electrons. The Hall–Kier alpha value is -3.99. The maximum absolute atomic E-state index is 11.9. The number of rotatable bonds is 2. The largest absolute Gasteiger partial charge is 0.454 e. The molecule has 160 valence electrons. The number of benzene rings is 1. The highest BCUT2D eigenvalue weighted by Crippen LogP contribution is 2.51. The standard InChI is InChI=1S/C24H21N5O3/c1-3-19(30)29-9-15-13(16(15)10-29)7-8-17-20(14-5-4-6-18-22(14)32-12-31-18)21-23(25)26-11-27-24(21)28(17)2/h3-6,11,13,15-16H,1,9-10,12H2,2H3,(H2,25,26,27)/t13?,15-,16+. The number of likely N-dealkylation sites (tertiary alicyclic amines) is 1. The van der Waals surface area contributed by atoms with Gasteiger partial charge in [0.05, 0.1) is 5.39 Å². The van der Waals surface area contributed by atoms with E-state index in [9.17, 15) is 4.79 Å². The van der Waals surface area contributed by atoms with Crippen molar-refractivity contribution in [3.05, 3.63) is 42.9 Å². The molecular weight excluding hydrogens is 406 g/mol. The van der Waals surface area contributed by atoms with E-state index in [0.29, 0.717) is 34.8 Å². The van der Waals surface area contributed by atoms with Crippen molar-refractivity contribution >= 4 is 22.8 Å². The Morgan fingerprint density at radius 1 is 1.28 bits per heavy atom. The third-order valence-corrected chi connectivity index (χ3v) is 6.70. The molecule has 4 heterocycles. The third kappa shape index (κ3) is 2.61. The molecule has 0 spiro atoms. The predicted molar refractivity (Wildman–Crippen MR) is 119 cm³/mol. The first-order chi connectivity index (χ1) is 15.6. The molecule has 3 aromatic rings. The van der Waals surface area contributed by atoms with Gasteiger partial charge in [0.1, 0.15) is 23.5 Å². The van der Waals surface area contributed by atoms with Crippen LogP contribution in [-0.2, 0) is 11.8 Å². The van der Waals surface area contributed by atoms with E-state index >= 15 is 0 Å². The number of ether oxygens (including phenoxy) is 2. The summed E-state index contributed by atoms with van der Waals surface area (Å²) < 4.78 is 13.3. The quantitative estimate of drug-likeness (QED) is 0.498. The maximum atomic E-state index is 11.9. The van der Waals surface area contributed by atoms with E-state index in [1.54, 1.807) is 0 Å². The first-order valence-corrected chi connectivity index (χ1v) is 10.5. The number of hydrogen-bond donors (Lipinski definition) is 1.